The fourth-order valence-electron chi connectivity index (χ4n) is 4.36. The maximum atomic E-state index is 11.7. The number of nitrogens with one attached hydrogen (secondary N) is 1. The molecule has 6 heteroatoms. The summed E-state index contributed by atoms with van der Waals surface area (Å²) in [4.78, 5) is 14.8. The van der Waals surface area contributed by atoms with E-state index in [2.05, 4.69) is 20.8 Å². The van der Waals surface area contributed by atoms with Gasteiger partial charge in [0.05, 0.1) is 45.5 Å². The van der Waals surface area contributed by atoms with Gasteiger partial charge in [-0.25, -0.2) is 4.79 Å². The summed E-state index contributed by atoms with van der Waals surface area (Å²) in [6.07, 6.45) is 3.26. The molecule has 1 saturated heterocycles. The number of carbonyl (C=O) groups is 1. The first-order chi connectivity index (χ1) is 12.4. The molecule has 0 bridgehead atoms. The normalized spacial score (nSPS) is 29.0. The Morgan fingerprint density at radius 1 is 1.27 bits per heavy atom. The second-order valence-electron chi connectivity index (χ2n) is 8.49. The van der Waals surface area contributed by atoms with Crippen molar-refractivity contribution in [3.05, 3.63) is 0 Å². The Hall–Kier alpha value is -0.850. The monoisotopic (exact) mass is 371 g/mol. The molecule has 6 nitrogen and oxygen atoms in total. The van der Waals surface area contributed by atoms with Crippen molar-refractivity contribution >= 4 is 6.09 Å². The lowest BCUT2D eigenvalue weighted by Gasteiger charge is -2.38. The van der Waals surface area contributed by atoms with Crippen LogP contribution in [0, 0.1) is 17.8 Å². The molecule has 152 valence electrons. The van der Waals surface area contributed by atoms with Gasteiger partial charge in [0, 0.05) is 0 Å². The number of hydrogen-bond acceptors (Lipinski definition) is 4. The number of nitrogens with zero attached hydrogens (tertiary/aromatic N) is 1. The molecule has 4 atom stereocenters. The van der Waals surface area contributed by atoms with Crippen LogP contribution in [0.3, 0.4) is 0 Å². The average molecular weight is 372 g/mol. The Kier molecular flexibility index (Phi) is 8.64. The predicted molar refractivity (Wildman–Crippen MR) is 101 cm³/mol. The zero-order chi connectivity index (χ0) is 19.1. The van der Waals surface area contributed by atoms with Crippen LogP contribution in [0.2, 0.25) is 0 Å². The smallest absolute Gasteiger partial charge is 0.410 e. The number of piperazine rings is 1. The molecule has 0 radical (unpaired) electrons. The van der Waals surface area contributed by atoms with E-state index in [1.165, 1.54) is 17.7 Å². The van der Waals surface area contributed by atoms with Gasteiger partial charge in [0.25, 0.3) is 0 Å². The van der Waals surface area contributed by atoms with Crippen LogP contribution in [0.4, 0.5) is 4.79 Å². The van der Waals surface area contributed by atoms with Gasteiger partial charge in [-0.15, -0.1) is 0 Å². The summed E-state index contributed by atoms with van der Waals surface area (Å²) < 4.78 is 11.2. The minimum absolute atomic E-state index is 0.221. The topological polar surface area (TPSA) is 63.4 Å². The molecule has 1 amide bonds. The zero-order valence-corrected chi connectivity index (χ0v) is 17.1. The van der Waals surface area contributed by atoms with Gasteiger partial charge in [-0.05, 0) is 37.5 Å². The third-order valence-electron chi connectivity index (χ3n) is 5.98. The predicted octanol–water partition coefficient (Wildman–Crippen LogP) is 1.18. The zero-order valence-electron chi connectivity index (χ0n) is 17.1. The highest BCUT2D eigenvalue weighted by atomic mass is 16.6. The summed E-state index contributed by atoms with van der Waals surface area (Å²) in [6.45, 7) is 13.3. The Morgan fingerprint density at radius 3 is 2.58 bits per heavy atom. The molecule has 1 heterocycles. The van der Waals surface area contributed by atoms with Crippen molar-refractivity contribution in [1.29, 1.82) is 0 Å². The van der Waals surface area contributed by atoms with Gasteiger partial charge in [-0.2, -0.15) is 0 Å². The Balaban J connectivity index is 1.70. The summed E-state index contributed by atoms with van der Waals surface area (Å²) in [7, 11) is 0. The SMILES string of the molecule is CCOC(=O)N1CC[NH+](C[C@@H](O)CO[C@@H]2C[C@H](C)CC[C@@H]2C(C)C)CC1. The number of carbonyl (C=O) groups excluding carboxylic acids is 1. The second kappa shape index (κ2) is 10.5. The van der Waals surface area contributed by atoms with E-state index in [0.717, 1.165) is 19.5 Å². The highest BCUT2D eigenvalue weighted by molar-refractivity contribution is 5.67. The van der Waals surface area contributed by atoms with Crippen LogP contribution < -0.4 is 4.90 Å². The molecule has 0 aromatic heterocycles. The Morgan fingerprint density at radius 2 is 1.96 bits per heavy atom. The standard InChI is InChI=1S/C20H38N2O4/c1-5-25-20(24)22-10-8-21(9-11-22)13-17(23)14-26-19-12-16(4)6-7-18(19)15(2)3/h15-19,23H,5-14H2,1-4H3/p+1/t16-,17-,18-,19-/m1/s1. The Labute approximate surface area is 158 Å². The minimum atomic E-state index is -0.441. The van der Waals surface area contributed by atoms with Gasteiger partial charge < -0.3 is 19.5 Å². The molecule has 0 aromatic rings. The molecule has 1 aliphatic heterocycles. The number of aliphatic hydroxyl groups is 1. The van der Waals surface area contributed by atoms with Crippen molar-refractivity contribution in [2.45, 2.75) is 59.2 Å². The molecular weight excluding hydrogens is 332 g/mol. The molecule has 2 rings (SSSR count). The van der Waals surface area contributed by atoms with Gasteiger partial charge in [0.15, 0.2) is 0 Å². The number of amides is 1. The van der Waals surface area contributed by atoms with E-state index in [0.29, 0.717) is 50.6 Å². The molecule has 2 fully saturated rings. The van der Waals surface area contributed by atoms with Crippen LogP contribution in [-0.4, -0.2) is 74.2 Å². The number of rotatable bonds is 7. The first-order valence-electron chi connectivity index (χ1n) is 10.5. The second-order valence-corrected chi connectivity index (χ2v) is 8.49. The molecule has 2 N–H and O–H groups in total. The lowest BCUT2D eigenvalue weighted by Crippen LogP contribution is -3.15. The van der Waals surface area contributed by atoms with Gasteiger partial charge in [-0.1, -0.05) is 27.2 Å². The highest BCUT2D eigenvalue weighted by Crippen LogP contribution is 2.35. The van der Waals surface area contributed by atoms with E-state index in [4.69, 9.17) is 9.47 Å². The first-order valence-corrected chi connectivity index (χ1v) is 10.5. The van der Waals surface area contributed by atoms with E-state index in [1.807, 2.05) is 6.92 Å². The van der Waals surface area contributed by atoms with Crippen molar-refractivity contribution in [3.8, 4) is 0 Å². The minimum Gasteiger partial charge on any atom is -0.450 e. The summed E-state index contributed by atoms with van der Waals surface area (Å²) in [5.74, 6) is 1.96. The number of quaternary nitrogens is 1. The fourth-order valence-corrected chi connectivity index (χ4v) is 4.36. The lowest BCUT2D eigenvalue weighted by atomic mass is 9.75. The van der Waals surface area contributed by atoms with E-state index >= 15 is 0 Å². The van der Waals surface area contributed by atoms with E-state index in [-0.39, 0.29) is 12.2 Å². The highest BCUT2D eigenvalue weighted by Gasteiger charge is 2.32. The number of ether oxygens (including phenoxy) is 2. The van der Waals surface area contributed by atoms with Gasteiger partial charge in [0.2, 0.25) is 0 Å². The largest absolute Gasteiger partial charge is 0.450 e. The number of aliphatic hydroxyl groups excluding tert-OH is 1. The van der Waals surface area contributed by atoms with Crippen LogP contribution in [0.5, 0.6) is 0 Å². The van der Waals surface area contributed by atoms with Crippen molar-refractivity contribution in [3.63, 3.8) is 0 Å². The van der Waals surface area contributed by atoms with Crippen LogP contribution in [-0.2, 0) is 9.47 Å². The van der Waals surface area contributed by atoms with Gasteiger partial charge in [-0.3, -0.25) is 4.90 Å². The third-order valence-corrected chi connectivity index (χ3v) is 5.98. The lowest BCUT2D eigenvalue weighted by molar-refractivity contribution is -0.907. The number of hydrogen-bond donors (Lipinski definition) is 2. The molecule has 1 saturated carbocycles. The molecule has 26 heavy (non-hydrogen) atoms. The van der Waals surface area contributed by atoms with Crippen LogP contribution in [0.15, 0.2) is 0 Å². The summed E-state index contributed by atoms with van der Waals surface area (Å²) in [5, 5.41) is 10.4. The quantitative estimate of drug-likeness (QED) is 0.705. The Bertz CT molecular complexity index is 424. The summed E-state index contributed by atoms with van der Waals surface area (Å²) >= 11 is 0. The molecule has 1 aliphatic carbocycles. The molecule has 0 unspecified atom stereocenters. The molecule has 0 spiro atoms. The summed E-state index contributed by atoms with van der Waals surface area (Å²) in [5.41, 5.74) is 0. The molecular formula is C20H39N2O4+. The van der Waals surface area contributed by atoms with Crippen LogP contribution >= 0.6 is 0 Å². The van der Waals surface area contributed by atoms with Crippen LogP contribution in [0.1, 0.15) is 47.0 Å². The average Bonchev–Trinajstić information content (AvgIpc) is 2.60. The first kappa shape index (κ1) is 21.5. The fraction of sp³-hybridized carbons (Fsp3) is 0.950. The molecule has 2 aliphatic rings. The van der Waals surface area contributed by atoms with E-state index in [9.17, 15) is 9.90 Å². The van der Waals surface area contributed by atoms with Crippen molar-refractivity contribution in [2.75, 3.05) is 45.9 Å². The summed E-state index contributed by atoms with van der Waals surface area (Å²) in [6, 6.07) is 0. The van der Waals surface area contributed by atoms with Gasteiger partial charge >= 0.3 is 6.09 Å². The molecule has 0 aromatic carbocycles. The van der Waals surface area contributed by atoms with E-state index in [1.54, 1.807) is 4.90 Å². The van der Waals surface area contributed by atoms with Crippen molar-refractivity contribution < 1.29 is 24.3 Å². The van der Waals surface area contributed by atoms with E-state index < -0.39 is 6.10 Å². The van der Waals surface area contributed by atoms with Gasteiger partial charge in [0.1, 0.15) is 12.6 Å². The van der Waals surface area contributed by atoms with Crippen LogP contribution in [0.25, 0.3) is 0 Å². The third kappa shape index (κ3) is 6.39. The van der Waals surface area contributed by atoms with Crippen molar-refractivity contribution in [1.82, 2.24) is 4.90 Å². The van der Waals surface area contributed by atoms with Crippen molar-refractivity contribution in [2.24, 2.45) is 17.8 Å². The maximum absolute atomic E-state index is 11.7. The maximum Gasteiger partial charge on any atom is 0.410 e.